The van der Waals surface area contributed by atoms with E-state index in [4.69, 9.17) is 10.5 Å². The van der Waals surface area contributed by atoms with E-state index in [2.05, 4.69) is 15.3 Å². The highest BCUT2D eigenvalue weighted by Gasteiger charge is 2.35. The summed E-state index contributed by atoms with van der Waals surface area (Å²) in [4.78, 5) is 35.0. The van der Waals surface area contributed by atoms with Gasteiger partial charge in [-0.1, -0.05) is 18.2 Å². The van der Waals surface area contributed by atoms with Gasteiger partial charge in [0.05, 0.1) is 17.1 Å². The Morgan fingerprint density at radius 3 is 2.66 bits per heavy atom. The molecule has 0 spiro atoms. The predicted octanol–water partition coefficient (Wildman–Crippen LogP) is 4.38. The number of likely N-dealkylation sites (tertiary alicyclic amines) is 1. The zero-order valence-electron chi connectivity index (χ0n) is 20.3. The quantitative estimate of drug-likeness (QED) is 0.575. The van der Waals surface area contributed by atoms with E-state index in [-0.39, 0.29) is 17.8 Å². The van der Waals surface area contributed by atoms with Crippen LogP contribution in [-0.4, -0.2) is 51.6 Å². The fraction of sp³-hybridized carbons (Fsp3) is 0.385. The summed E-state index contributed by atoms with van der Waals surface area (Å²) in [6.45, 7) is 8.01. The molecule has 3 N–H and O–H groups in total. The number of hydrogen-bond acceptors (Lipinski definition) is 6. The van der Waals surface area contributed by atoms with Gasteiger partial charge in [0.25, 0.3) is 5.91 Å². The van der Waals surface area contributed by atoms with E-state index in [1.807, 2.05) is 26.8 Å². The number of halogens is 1. The average Bonchev–Trinajstić information content (AvgIpc) is 2.79. The van der Waals surface area contributed by atoms with Crippen LogP contribution in [-0.2, 0) is 4.74 Å². The minimum Gasteiger partial charge on any atom is -0.444 e. The number of carbonyl (C=O) groups is 2. The maximum absolute atomic E-state index is 14.4. The number of nitrogens with two attached hydrogens (primary N) is 1. The maximum Gasteiger partial charge on any atom is 0.410 e. The number of aryl methyl sites for hydroxylation is 1. The van der Waals surface area contributed by atoms with Crippen LogP contribution in [0.15, 0.2) is 42.7 Å². The van der Waals surface area contributed by atoms with Gasteiger partial charge in [0.15, 0.2) is 0 Å². The van der Waals surface area contributed by atoms with Gasteiger partial charge in [-0.05, 0) is 63.4 Å². The van der Waals surface area contributed by atoms with Crippen LogP contribution in [0, 0.1) is 12.7 Å². The first-order chi connectivity index (χ1) is 16.5. The second kappa shape index (κ2) is 9.48. The Morgan fingerprint density at radius 2 is 1.97 bits per heavy atom. The fourth-order valence-corrected chi connectivity index (χ4v) is 4.41. The summed E-state index contributed by atoms with van der Waals surface area (Å²) < 4.78 is 20.0. The first kappa shape index (κ1) is 24.4. The van der Waals surface area contributed by atoms with Crippen molar-refractivity contribution in [3.8, 4) is 0 Å². The molecule has 0 bridgehead atoms. The van der Waals surface area contributed by atoms with Crippen LogP contribution >= 0.6 is 0 Å². The van der Waals surface area contributed by atoms with Crippen LogP contribution in [0.25, 0.3) is 10.9 Å². The standard InChI is InChI=1S/C26H30FN5O3/c1-15-8-9-16(12-20(15)27)17-10-11-32(25(34)35-26(2,3)4)13-21(17)31-24-19-7-5-6-18(23(28)33)22(19)29-14-30-24/h5-9,12,14,17,21H,10-11,13H2,1-4H3,(H2,28,33)(H,29,30,31)/t17-,21+/m0/s1. The molecule has 2 aromatic carbocycles. The van der Waals surface area contributed by atoms with Crippen LogP contribution in [0.1, 0.15) is 54.6 Å². The number of rotatable bonds is 4. The number of anilines is 1. The molecule has 8 nitrogen and oxygen atoms in total. The molecule has 1 aliphatic rings. The van der Waals surface area contributed by atoms with Gasteiger partial charge in [-0.25, -0.2) is 19.2 Å². The number of nitrogens with zero attached hydrogens (tertiary/aromatic N) is 3. The molecule has 2 amide bonds. The number of piperidine rings is 1. The zero-order chi connectivity index (χ0) is 25.3. The van der Waals surface area contributed by atoms with Crippen molar-refractivity contribution in [2.24, 2.45) is 5.73 Å². The Hall–Kier alpha value is -3.75. The molecule has 1 saturated heterocycles. The van der Waals surface area contributed by atoms with Gasteiger partial charge >= 0.3 is 6.09 Å². The van der Waals surface area contributed by atoms with E-state index in [1.165, 1.54) is 6.33 Å². The third-order valence-corrected chi connectivity index (χ3v) is 6.14. The summed E-state index contributed by atoms with van der Waals surface area (Å²) in [5, 5.41) is 4.08. The van der Waals surface area contributed by atoms with Crippen LogP contribution in [0.4, 0.5) is 15.0 Å². The summed E-state index contributed by atoms with van der Waals surface area (Å²) in [6, 6.07) is 10.1. The van der Waals surface area contributed by atoms with Gasteiger partial charge in [-0.2, -0.15) is 0 Å². The largest absolute Gasteiger partial charge is 0.444 e. The molecule has 1 aliphatic heterocycles. The molecule has 0 radical (unpaired) electrons. The number of ether oxygens (including phenoxy) is 1. The molecule has 0 unspecified atom stereocenters. The Balaban J connectivity index is 1.70. The maximum atomic E-state index is 14.4. The highest BCUT2D eigenvalue weighted by Crippen LogP contribution is 2.33. The first-order valence-corrected chi connectivity index (χ1v) is 11.6. The number of amides is 2. The second-order valence-electron chi connectivity index (χ2n) is 9.87. The topological polar surface area (TPSA) is 110 Å². The van der Waals surface area contributed by atoms with Gasteiger partial charge in [-0.15, -0.1) is 0 Å². The molecule has 0 saturated carbocycles. The lowest BCUT2D eigenvalue weighted by atomic mass is 9.84. The summed E-state index contributed by atoms with van der Waals surface area (Å²) in [7, 11) is 0. The summed E-state index contributed by atoms with van der Waals surface area (Å²) >= 11 is 0. The van der Waals surface area contributed by atoms with Crippen molar-refractivity contribution < 1.29 is 18.7 Å². The first-order valence-electron chi connectivity index (χ1n) is 11.6. The highest BCUT2D eigenvalue weighted by molar-refractivity contribution is 6.06. The Morgan fingerprint density at radius 1 is 1.20 bits per heavy atom. The Bertz CT molecular complexity index is 1270. The molecule has 35 heavy (non-hydrogen) atoms. The van der Waals surface area contributed by atoms with Gasteiger partial charge in [0.2, 0.25) is 0 Å². The van der Waals surface area contributed by atoms with Gasteiger partial charge < -0.3 is 20.7 Å². The molecular formula is C26H30FN5O3. The van der Waals surface area contributed by atoms with Gasteiger partial charge in [0.1, 0.15) is 23.6 Å². The Labute approximate surface area is 203 Å². The van der Waals surface area contributed by atoms with Crippen molar-refractivity contribution in [3.05, 3.63) is 65.2 Å². The van der Waals surface area contributed by atoms with E-state index in [9.17, 15) is 14.0 Å². The molecule has 0 aliphatic carbocycles. The number of hydrogen-bond donors (Lipinski definition) is 2. The SMILES string of the molecule is Cc1ccc([C@@H]2CCN(C(=O)OC(C)(C)C)C[C@H]2Nc2ncnc3c(C(N)=O)cccc23)cc1F. The third-order valence-electron chi connectivity index (χ3n) is 6.14. The van der Waals surface area contributed by atoms with Gasteiger partial charge in [-0.3, -0.25) is 4.79 Å². The van der Waals surface area contributed by atoms with Crippen LogP contribution in [0.5, 0.6) is 0 Å². The predicted molar refractivity (Wildman–Crippen MR) is 132 cm³/mol. The summed E-state index contributed by atoms with van der Waals surface area (Å²) in [5.74, 6) is -0.434. The molecule has 184 valence electrons. The molecule has 4 rings (SSSR count). The smallest absolute Gasteiger partial charge is 0.410 e. The van der Waals surface area contributed by atoms with Crippen molar-refractivity contribution in [1.29, 1.82) is 0 Å². The van der Waals surface area contributed by atoms with E-state index in [0.717, 1.165) is 5.56 Å². The molecule has 1 fully saturated rings. The van der Waals surface area contributed by atoms with E-state index >= 15 is 0 Å². The number of carbonyl (C=O) groups excluding carboxylic acids is 2. The number of aromatic nitrogens is 2. The van der Waals surface area contributed by atoms with Crippen molar-refractivity contribution in [3.63, 3.8) is 0 Å². The molecule has 2 heterocycles. The number of nitrogens with one attached hydrogen (secondary N) is 1. The Kier molecular flexibility index (Phi) is 6.60. The second-order valence-corrected chi connectivity index (χ2v) is 9.87. The normalized spacial score (nSPS) is 18.4. The molecule has 9 heteroatoms. The minimum absolute atomic E-state index is 0.0897. The zero-order valence-corrected chi connectivity index (χ0v) is 20.3. The number of primary amides is 1. The van der Waals surface area contributed by atoms with E-state index in [0.29, 0.717) is 47.4 Å². The van der Waals surface area contributed by atoms with Crippen molar-refractivity contribution >= 4 is 28.7 Å². The van der Waals surface area contributed by atoms with Crippen molar-refractivity contribution in [2.45, 2.75) is 51.7 Å². The highest BCUT2D eigenvalue weighted by atomic mass is 19.1. The minimum atomic E-state index is -0.620. The van der Waals surface area contributed by atoms with Crippen LogP contribution < -0.4 is 11.1 Å². The molecule has 3 aromatic rings. The van der Waals surface area contributed by atoms with Crippen molar-refractivity contribution in [2.75, 3.05) is 18.4 Å². The van der Waals surface area contributed by atoms with Crippen LogP contribution in [0.2, 0.25) is 0 Å². The number of benzene rings is 2. The van der Waals surface area contributed by atoms with Crippen LogP contribution in [0.3, 0.4) is 0 Å². The lowest BCUT2D eigenvalue weighted by Gasteiger charge is -2.40. The number of para-hydroxylation sites is 1. The fourth-order valence-electron chi connectivity index (χ4n) is 4.41. The van der Waals surface area contributed by atoms with E-state index < -0.39 is 17.6 Å². The van der Waals surface area contributed by atoms with E-state index in [1.54, 1.807) is 42.2 Å². The molecule has 1 aromatic heterocycles. The average molecular weight is 480 g/mol. The number of fused-ring (bicyclic) bond motifs is 1. The monoisotopic (exact) mass is 479 g/mol. The van der Waals surface area contributed by atoms with Gasteiger partial charge in [0, 0.05) is 24.4 Å². The molecule has 2 atom stereocenters. The summed E-state index contributed by atoms with van der Waals surface area (Å²) in [5.41, 5.74) is 7.06. The molecular weight excluding hydrogens is 449 g/mol. The third kappa shape index (κ3) is 5.34. The lowest BCUT2D eigenvalue weighted by molar-refractivity contribution is 0.0193. The summed E-state index contributed by atoms with van der Waals surface area (Å²) in [6.07, 6.45) is 1.57. The lowest BCUT2D eigenvalue weighted by Crippen LogP contribution is -2.50. The van der Waals surface area contributed by atoms with Crippen molar-refractivity contribution in [1.82, 2.24) is 14.9 Å².